The maximum Gasteiger partial charge on any atom is 0.315 e. The zero-order valence-corrected chi connectivity index (χ0v) is 16.6. The number of carbonyl (C=O) groups is 1. The fraction of sp³-hybridized carbons (Fsp3) is 0.211. The Kier molecular flexibility index (Phi) is 5.75. The maximum atomic E-state index is 12.0. The van der Waals surface area contributed by atoms with Crippen LogP contribution in [-0.2, 0) is 13.1 Å². The summed E-state index contributed by atoms with van der Waals surface area (Å²) in [7, 11) is 0. The number of aromatic nitrogens is 3. The van der Waals surface area contributed by atoms with Crippen molar-refractivity contribution in [3.05, 3.63) is 79.9 Å². The largest absolute Gasteiger partial charge is 0.334 e. The Hall–Kier alpha value is -2.87. The first kappa shape index (κ1) is 18.9. The molecule has 0 saturated heterocycles. The van der Waals surface area contributed by atoms with Gasteiger partial charge in [0.05, 0.1) is 18.4 Å². The number of rotatable bonds is 5. The highest BCUT2D eigenvalue weighted by Crippen LogP contribution is 2.14. The van der Waals surface area contributed by atoms with Gasteiger partial charge in [0, 0.05) is 34.0 Å². The lowest BCUT2D eigenvalue weighted by Gasteiger charge is -2.09. The molecule has 2 heterocycles. The van der Waals surface area contributed by atoms with Crippen LogP contribution in [0.15, 0.2) is 52.0 Å². The molecule has 27 heavy (non-hydrogen) atoms. The topological polar surface area (TPSA) is 91.8 Å². The summed E-state index contributed by atoms with van der Waals surface area (Å²) in [5.74, 6) is 0. The highest BCUT2D eigenvalue weighted by atomic mass is 79.9. The molecule has 7 nitrogen and oxygen atoms in total. The Balaban J connectivity index is 1.54. The van der Waals surface area contributed by atoms with Crippen LogP contribution >= 0.6 is 15.9 Å². The number of benzene rings is 1. The summed E-state index contributed by atoms with van der Waals surface area (Å²) in [6.45, 7) is 4.19. The molecule has 0 unspecified atom stereocenters. The molecule has 0 aliphatic rings. The highest BCUT2D eigenvalue weighted by Gasteiger charge is 2.08. The first-order valence-corrected chi connectivity index (χ1v) is 9.22. The standard InChI is InChI=1S/C19H20BrN5O2/c1-12-7-13(2)24-18(26)17(12)10-22-19(27)21-8-14-9-23-25(11-14)16-5-3-15(20)4-6-16/h3-7,9,11H,8,10H2,1-2H3,(H,24,26)(H2,21,22,27). The normalized spacial score (nSPS) is 10.6. The number of aromatic amines is 1. The van der Waals surface area contributed by atoms with Gasteiger partial charge < -0.3 is 15.6 Å². The summed E-state index contributed by atoms with van der Waals surface area (Å²) in [6, 6.07) is 9.32. The zero-order chi connectivity index (χ0) is 19.4. The maximum absolute atomic E-state index is 12.0. The van der Waals surface area contributed by atoms with Gasteiger partial charge in [-0.25, -0.2) is 9.48 Å². The van der Waals surface area contributed by atoms with Crippen LogP contribution in [-0.4, -0.2) is 20.8 Å². The van der Waals surface area contributed by atoms with Crippen LogP contribution in [0.25, 0.3) is 5.69 Å². The summed E-state index contributed by atoms with van der Waals surface area (Å²) in [5, 5.41) is 9.79. The molecule has 140 valence electrons. The van der Waals surface area contributed by atoms with Crippen LogP contribution < -0.4 is 16.2 Å². The molecule has 0 saturated carbocycles. The van der Waals surface area contributed by atoms with Gasteiger partial charge in [-0.05, 0) is 49.7 Å². The average Bonchev–Trinajstić information content (AvgIpc) is 3.08. The molecule has 2 amide bonds. The zero-order valence-electron chi connectivity index (χ0n) is 15.0. The Morgan fingerprint density at radius 2 is 1.89 bits per heavy atom. The molecule has 8 heteroatoms. The van der Waals surface area contributed by atoms with Crippen molar-refractivity contribution in [3.8, 4) is 5.69 Å². The number of urea groups is 1. The SMILES string of the molecule is Cc1cc(C)c(CNC(=O)NCc2cnn(-c3ccc(Br)cc3)c2)c(=O)[nH]1. The van der Waals surface area contributed by atoms with E-state index in [0.717, 1.165) is 27.0 Å². The van der Waals surface area contributed by atoms with E-state index in [-0.39, 0.29) is 18.1 Å². The van der Waals surface area contributed by atoms with Crippen LogP contribution in [0.1, 0.15) is 22.4 Å². The number of H-pyrrole nitrogens is 1. The second kappa shape index (κ2) is 8.22. The number of hydrogen-bond acceptors (Lipinski definition) is 3. The van der Waals surface area contributed by atoms with E-state index in [1.807, 2.05) is 50.4 Å². The van der Waals surface area contributed by atoms with E-state index in [1.54, 1.807) is 10.9 Å². The molecular formula is C19H20BrN5O2. The van der Waals surface area contributed by atoms with E-state index in [0.29, 0.717) is 12.1 Å². The molecule has 1 aromatic carbocycles. The van der Waals surface area contributed by atoms with Gasteiger partial charge in [0.25, 0.3) is 5.56 Å². The van der Waals surface area contributed by atoms with Crippen LogP contribution in [0.2, 0.25) is 0 Å². The predicted molar refractivity (Wildman–Crippen MR) is 107 cm³/mol. The molecule has 3 aromatic rings. The Labute approximate surface area is 164 Å². The van der Waals surface area contributed by atoms with Gasteiger partial charge in [-0.2, -0.15) is 5.10 Å². The van der Waals surface area contributed by atoms with E-state index in [9.17, 15) is 9.59 Å². The van der Waals surface area contributed by atoms with E-state index in [4.69, 9.17) is 0 Å². The number of hydrogen-bond donors (Lipinski definition) is 3. The minimum Gasteiger partial charge on any atom is -0.334 e. The Morgan fingerprint density at radius 3 is 2.59 bits per heavy atom. The van der Waals surface area contributed by atoms with Gasteiger partial charge in [-0.1, -0.05) is 15.9 Å². The fourth-order valence-electron chi connectivity index (χ4n) is 2.70. The van der Waals surface area contributed by atoms with Crippen molar-refractivity contribution in [2.75, 3.05) is 0 Å². The van der Waals surface area contributed by atoms with Crippen molar-refractivity contribution in [3.63, 3.8) is 0 Å². The monoisotopic (exact) mass is 429 g/mol. The van der Waals surface area contributed by atoms with Gasteiger partial charge in [-0.15, -0.1) is 0 Å². The van der Waals surface area contributed by atoms with Crippen molar-refractivity contribution in [1.82, 2.24) is 25.4 Å². The van der Waals surface area contributed by atoms with E-state index >= 15 is 0 Å². The quantitative estimate of drug-likeness (QED) is 0.581. The van der Waals surface area contributed by atoms with Gasteiger partial charge >= 0.3 is 6.03 Å². The summed E-state index contributed by atoms with van der Waals surface area (Å²) in [4.78, 5) is 26.7. The van der Waals surface area contributed by atoms with Gasteiger partial charge in [0.2, 0.25) is 0 Å². The lowest BCUT2D eigenvalue weighted by molar-refractivity contribution is 0.240. The Morgan fingerprint density at radius 1 is 1.19 bits per heavy atom. The van der Waals surface area contributed by atoms with Crippen LogP contribution in [0, 0.1) is 13.8 Å². The van der Waals surface area contributed by atoms with E-state index < -0.39 is 0 Å². The third kappa shape index (κ3) is 4.85. The molecule has 0 fully saturated rings. The second-order valence-electron chi connectivity index (χ2n) is 6.25. The molecule has 2 aromatic heterocycles. The van der Waals surface area contributed by atoms with Crippen molar-refractivity contribution < 1.29 is 4.79 Å². The number of aryl methyl sites for hydroxylation is 2. The lowest BCUT2D eigenvalue weighted by Crippen LogP contribution is -2.36. The summed E-state index contributed by atoms with van der Waals surface area (Å²) < 4.78 is 2.75. The molecular weight excluding hydrogens is 410 g/mol. The molecule has 0 spiro atoms. The number of nitrogens with zero attached hydrogens (tertiary/aromatic N) is 2. The van der Waals surface area contributed by atoms with Crippen molar-refractivity contribution in [2.45, 2.75) is 26.9 Å². The first-order valence-electron chi connectivity index (χ1n) is 8.43. The molecule has 0 aliphatic heterocycles. The van der Waals surface area contributed by atoms with E-state index in [2.05, 4.69) is 36.6 Å². The lowest BCUT2D eigenvalue weighted by atomic mass is 10.1. The minimum atomic E-state index is -0.342. The van der Waals surface area contributed by atoms with Crippen molar-refractivity contribution in [2.24, 2.45) is 0 Å². The molecule has 3 N–H and O–H groups in total. The van der Waals surface area contributed by atoms with Crippen LogP contribution in [0.5, 0.6) is 0 Å². The number of carbonyl (C=O) groups excluding carboxylic acids is 1. The van der Waals surface area contributed by atoms with Crippen LogP contribution in [0.4, 0.5) is 4.79 Å². The van der Waals surface area contributed by atoms with Gasteiger partial charge in [-0.3, -0.25) is 4.79 Å². The van der Waals surface area contributed by atoms with E-state index in [1.165, 1.54) is 0 Å². The molecule has 0 radical (unpaired) electrons. The van der Waals surface area contributed by atoms with Crippen molar-refractivity contribution >= 4 is 22.0 Å². The highest BCUT2D eigenvalue weighted by molar-refractivity contribution is 9.10. The third-order valence-corrected chi connectivity index (χ3v) is 4.63. The molecule has 3 rings (SSSR count). The predicted octanol–water partition coefficient (Wildman–Crippen LogP) is 2.94. The third-order valence-electron chi connectivity index (χ3n) is 4.10. The summed E-state index contributed by atoms with van der Waals surface area (Å²) >= 11 is 3.40. The number of pyridine rings is 1. The Bertz CT molecular complexity index is 1010. The van der Waals surface area contributed by atoms with Gasteiger partial charge in [0.1, 0.15) is 0 Å². The summed E-state index contributed by atoms with van der Waals surface area (Å²) in [6.07, 6.45) is 3.56. The average molecular weight is 430 g/mol. The molecule has 0 bridgehead atoms. The smallest absolute Gasteiger partial charge is 0.315 e. The number of amides is 2. The molecule has 0 atom stereocenters. The fourth-order valence-corrected chi connectivity index (χ4v) is 2.97. The van der Waals surface area contributed by atoms with Gasteiger partial charge in [0.15, 0.2) is 0 Å². The summed E-state index contributed by atoms with van der Waals surface area (Å²) in [5.41, 5.74) is 3.84. The first-order chi connectivity index (χ1) is 12.9. The number of nitrogens with one attached hydrogen (secondary N) is 3. The number of halogens is 1. The van der Waals surface area contributed by atoms with Crippen molar-refractivity contribution in [1.29, 1.82) is 0 Å². The second-order valence-corrected chi connectivity index (χ2v) is 7.16. The minimum absolute atomic E-state index is 0.172. The molecule has 0 aliphatic carbocycles. The van der Waals surface area contributed by atoms with Crippen LogP contribution in [0.3, 0.4) is 0 Å².